The molecule has 0 fully saturated rings. The fraction of sp³-hybridized carbons (Fsp3) is 0.0500. The summed E-state index contributed by atoms with van der Waals surface area (Å²) in [4.78, 5) is 5.30. The average molecular weight is 699 g/mol. The minimum atomic E-state index is -3.39. The highest BCUT2D eigenvalue weighted by molar-refractivity contribution is 7.92. The van der Waals surface area contributed by atoms with E-state index in [0.29, 0.717) is 28.2 Å². The zero-order valence-electron chi connectivity index (χ0n) is 26.6. The van der Waals surface area contributed by atoms with Crippen molar-refractivity contribution in [1.29, 1.82) is 0 Å². The van der Waals surface area contributed by atoms with Gasteiger partial charge in [0.05, 0.1) is 16.8 Å². The van der Waals surface area contributed by atoms with Gasteiger partial charge >= 0.3 is 0 Å². The first-order valence-electron chi connectivity index (χ1n) is 15.7. The van der Waals surface area contributed by atoms with Crippen LogP contribution in [0.25, 0.3) is 38.6 Å². The van der Waals surface area contributed by atoms with E-state index in [9.17, 15) is 12.8 Å². The van der Waals surface area contributed by atoms with Crippen LogP contribution in [0.1, 0.15) is 16.7 Å². The molecule has 4 heterocycles. The number of hydrogen-bond donors (Lipinski definition) is 0. The number of sulfone groups is 1. The Hall–Kier alpha value is -5.71. The topological polar surface area (TPSA) is 69.3 Å². The van der Waals surface area contributed by atoms with Gasteiger partial charge in [-0.3, -0.25) is 9.08 Å². The normalized spacial score (nSPS) is 12.1. The molecule has 0 aliphatic rings. The number of halogens is 2. The predicted octanol–water partition coefficient (Wildman–Crippen LogP) is 9.12. The van der Waals surface area contributed by atoms with Crippen molar-refractivity contribution in [3.05, 3.63) is 180 Å². The molecule has 0 aliphatic carbocycles. The Morgan fingerprint density at radius 3 is 1.88 bits per heavy atom. The largest absolute Gasteiger partial charge is 0.298 e. The van der Waals surface area contributed by atoms with Crippen LogP contribution in [0.2, 0.25) is 0 Å². The number of imidazole rings is 1. The summed E-state index contributed by atoms with van der Waals surface area (Å²) in [6, 6.07) is 40.7. The van der Waals surface area contributed by atoms with E-state index < -0.39 is 27.0 Å². The fourth-order valence-corrected chi connectivity index (χ4v) is 8.49. The van der Waals surface area contributed by atoms with E-state index >= 15 is 4.39 Å². The van der Waals surface area contributed by atoms with Gasteiger partial charge < -0.3 is 0 Å². The summed E-state index contributed by atoms with van der Waals surface area (Å²) in [7, 11) is -3.39. The average Bonchev–Trinajstić information content (AvgIpc) is 3.89. The molecule has 0 saturated carbocycles. The molecule has 0 atom stereocenters. The van der Waals surface area contributed by atoms with Crippen LogP contribution in [-0.2, 0) is 15.4 Å². The molecule has 4 aromatic carbocycles. The first-order chi connectivity index (χ1) is 24.2. The lowest BCUT2D eigenvalue weighted by Gasteiger charge is -2.36. The van der Waals surface area contributed by atoms with Gasteiger partial charge in [-0.15, -0.1) is 11.3 Å². The van der Waals surface area contributed by atoms with Crippen molar-refractivity contribution in [1.82, 2.24) is 19.2 Å². The van der Waals surface area contributed by atoms with Gasteiger partial charge in [0.15, 0.2) is 9.84 Å². The smallest absolute Gasteiger partial charge is 0.184 e. The van der Waals surface area contributed by atoms with Crippen LogP contribution >= 0.6 is 11.3 Å². The molecule has 4 aromatic heterocycles. The number of thiophene rings is 1. The highest BCUT2D eigenvalue weighted by Crippen LogP contribution is 2.44. The van der Waals surface area contributed by atoms with Crippen LogP contribution in [-0.4, -0.2) is 33.8 Å². The molecule has 0 spiro atoms. The van der Waals surface area contributed by atoms with Gasteiger partial charge in [0.25, 0.3) is 0 Å². The third kappa shape index (κ3) is 5.33. The predicted molar refractivity (Wildman–Crippen MR) is 193 cm³/mol. The second-order valence-electron chi connectivity index (χ2n) is 11.9. The zero-order chi connectivity index (χ0) is 34.5. The summed E-state index contributed by atoms with van der Waals surface area (Å²) in [5, 5.41) is 5.19. The number of pyridine rings is 1. The number of nitrogens with zero attached hydrogens (tertiary/aromatic N) is 4. The Bertz CT molecular complexity index is 2500. The molecule has 8 rings (SSSR count). The fourth-order valence-electron chi connectivity index (χ4n) is 6.55. The molecular formula is C40H28F2N4O2S2. The van der Waals surface area contributed by atoms with Crippen LogP contribution in [0.5, 0.6) is 0 Å². The molecule has 0 radical (unpaired) electrons. The first-order valence-corrected chi connectivity index (χ1v) is 18.4. The number of rotatable bonds is 8. The van der Waals surface area contributed by atoms with Crippen molar-refractivity contribution in [2.24, 2.45) is 0 Å². The van der Waals surface area contributed by atoms with E-state index in [0.717, 1.165) is 27.6 Å². The minimum absolute atomic E-state index is 0.144. The maximum Gasteiger partial charge on any atom is 0.184 e. The van der Waals surface area contributed by atoms with E-state index in [4.69, 9.17) is 5.10 Å². The molecule has 246 valence electrons. The minimum Gasteiger partial charge on any atom is -0.298 e. The number of aromatic nitrogens is 4. The molecule has 0 unspecified atom stereocenters. The maximum absolute atomic E-state index is 15.7. The van der Waals surface area contributed by atoms with Gasteiger partial charge in [-0.1, -0.05) is 91.0 Å². The number of fused-ring (bicyclic) bond motifs is 1. The van der Waals surface area contributed by atoms with Crippen molar-refractivity contribution in [3.63, 3.8) is 0 Å². The molecule has 0 N–H and O–H groups in total. The van der Waals surface area contributed by atoms with Crippen molar-refractivity contribution < 1.29 is 17.2 Å². The lowest BCUT2D eigenvalue weighted by atomic mass is 9.77. The van der Waals surface area contributed by atoms with Gasteiger partial charge in [-0.05, 0) is 53.1 Å². The first kappa shape index (κ1) is 31.6. The quantitative estimate of drug-likeness (QED) is 0.149. The van der Waals surface area contributed by atoms with Crippen LogP contribution in [0.15, 0.2) is 156 Å². The van der Waals surface area contributed by atoms with Crippen molar-refractivity contribution in [3.8, 4) is 33.0 Å². The van der Waals surface area contributed by atoms with Crippen LogP contribution in [0, 0.1) is 11.6 Å². The van der Waals surface area contributed by atoms with Gasteiger partial charge in [0, 0.05) is 41.4 Å². The van der Waals surface area contributed by atoms with E-state index in [1.807, 2.05) is 88.2 Å². The maximum atomic E-state index is 15.7. The lowest BCUT2D eigenvalue weighted by Crippen LogP contribution is -2.38. The third-order valence-corrected chi connectivity index (χ3v) is 11.8. The molecule has 6 nitrogen and oxygen atoms in total. The monoisotopic (exact) mass is 698 g/mol. The summed E-state index contributed by atoms with van der Waals surface area (Å²) < 4.78 is 58.5. The highest BCUT2D eigenvalue weighted by Gasteiger charge is 2.40. The molecular weight excluding hydrogens is 671 g/mol. The van der Waals surface area contributed by atoms with Crippen molar-refractivity contribution in [2.45, 2.75) is 9.75 Å². The summed E-state index contributed by atoms with van der Waals surface area (Å²) in [5.74, 6) is -1.43. The molecule has 50 heavy (non-hydrogen) atoms. The van der Waals surface area contributed by atoms with Crippen LogP contribution in [0.4, 0.5) is 8.78 Å². The van der Waals surface area contributed by atoms with E-state index in [1.165, 1.54) is 29.7 Å². The van der Waals surface area contributed by atoms with Gasteiger partial charge in [-0.25, -0.2) is 22.2 Å². The van der Waals surface area contributed by atoms with E-state index in [1.54, 1.807) is 18.3 Å². The molecule has 8 aromatic rings. The molecule has 0 amide bonds. The van der Waals surface area contributed by atoms with Crippen LogP contribution < -0.4 is 0 Å². The van der Waals surface area contributed by atoms with Crippen molar-refractivity contribution >= 4 is 26.8 Å². The van der Waals surface area contributed by atoms with Gasteiger partial charge in [0.2, 0.25) is 0 Å². The summed E-state index contributed by atoms with van der Waals surface area (Å²) in [5.41, 5.74) is 4.94. The van der Waals surface area contributed by atoms with Crippen molar-refractivity contribution in [2.75, 3.05) is 6.26 Å². The Morgan fingerprint density at radius 1 is 0.700 bits per heavy atom. The number of hydrogen-bond acceptors (Lipinski definition) is 5. The second kappa shape index (κ2) is 12.3. The molecule has 0 aliphatic heterocycles. The van der Waals surface area contributed by atoms with E-state index in [-0.39, 0.29) is 9.77 Å². The second-order valence-corrected chi connectivity index (χ2v) is 15.3. The zero-order valence-corrected chi connectivity index (χ0v) is 28.2. The Labute approximate surface area is 291 Å². The standard InChI is InChI=1S/C40H28F2N4O2S2/c1-50(47,48)38-22-20-36(49-38)35-24-43-37-21-17-27(25-45(35)37)33-26-46(44-39(33)32-19-18-31(41)23-34(32)42)40(28-11-5-2-6-12-28,29-13-7-3-8-14-29)30-15-9-4-10-16-30/h2-26H,1H3. The molecule has 0 saturated heterocycles. The highest BCUT2D eigenvalue weighted by atomic mass is 32.2. The third-order valence-electron chi connectivity index (χ3n) is 8.83. The van der Waals surface area contributed by atoms with Crippen LogP contribution in [0.3, 0.4) is 0 Å². The number of benzene rings is 4. The molecule has 10 heteroatoms. The summed E-state index contributed by atoms with van der Waals surface area (Å²) in [6.45, 7) is 0. The Morgan fingerprint density at radius 2 is 1.32 bits per heavy atom. The summed E-state index contributed by atoms with van der Waals surface area (Å²) in [6.07, 6.45) is 6.68. The Kier molecular flexibility index (Phi) is 7.77. The Balaban J connectivity index is 1.42. The van der Waals surface area contributed by atoms with E-state index in [2.05, 4.69) is 41.4 Å². The van der Waals surface area contributed by atoms with Gasteiger partial charge in [-0.2, -0.15) is 5.10 Å². The van der Waals surface area contributed by atoms with Gasteiger partial charge in [0.1, 0.15) is 32.7 Å². The lowest BCUT2D eigenvalue weighted by molar-refractivity contribution is 0.461. The molecule has 0 bridgehead atoms. The SMILES string of the molecule is CS(=O)(=O)c1ccc(-c2cnc3ccc(-c4cn(C(c5ccccc5)(c5ccccc5)c5ccccc5)nc4-c4ccc(F)cc4F)cn23)s1. The summed E-state index contributed by atoms with van der Waals surface area (Å²) >= 11 is 1.17.